The van der Waals surface area contributed by atoms with Crippen molar-refractivity contribution in [2.75, 3.05) is 13.7 Å². The number of fused-ring (bicyclic) bond motifs is 7. The summed E-state index contributed by atoms with van der Waals surface area (Å²) < 4.78 is 11.2. The summed E-state index contributed by atoms with van der Waals surface area (Å²) >= 11 is 0. The van der Waals surface area contributed by atoms with Crippen molar-refractivity contribution >= 4 is 17.8 Å². The van der Waals surface area contributed by atoms with Crippen molar-refractivity contribution in [2.24, 2.45) is 56.7 Å². The SMILES string of the molecule is C=C(C)[C@@H]1CC[C@]2(C(=O)OC)CC[C@]3(C)[C@H](CC[C@@H]4[C@@]5(C)C/C(=C\c6ccc(OCC)cc6)C(=O)C(C)(C)[C@H]5CC[C@]43C)[C@H]12. The molecule has 5 aliphatic rings. The van der Waals surface area contributed by atoms with Gasteiger partial charge >= 0.3 is 5.97 Å². The van der Waals surface area contributed by atoms with Gasteiger partial charge in [-0.05, 0) is 147 Å². The van der Waals surface area contributed by atoms with Crippen LogP contribution < -0.4 is 4.74 Å². The number of ketones is 1. The van der Waals surface area contributed by atoms with Gasteiger partial charge in [-0.2, -0.15) is 0 Å². The van der Waals surface area contributed by atoms with E-state index in [4.69, 9.17) is 9.47 Å². The van der Waals surface area contributed by atoms with E-state index >= 15 is 0 Å². The highest BCUT2D eigenvalue weighted by molar-refractivity contribution is 6.04. The Labute approximate surface area is 266 Å². The van der Waals surface area contributed by atoms with Crippen LogP contribution in [-0.4, -0.2) is 25.5 Å². The molecule has 0 N–H and O–H groups in total. The number of carbonyl (C=O) groups is 2. The number of ether oxygens (including phenoxy) is 2. The van der Waals surface area contributed by atoms with Crippen LogP contribution in [0.2, 0.25) is 0 Å². The third-order valence-corrected chi connectivity index (χ3v) is 14.8. The van der Waals surface area contributed by atoms with Crippen LogP contribution in [0.5, 0.6) is 5.75 Å². The fourth-order valence-corrected chi connectivity index (χ4v) is 12.7. The molecule has 4 heteroatoms. The summed E-state index contributed by atoms with van der Waals surface area (Å²) in [7, 11) is 1.58. The number of Topliss-reactive ketones (excluding diaryl/α,β-unsaturated/α-hetero) is 1. The van der Waals surface area contributed by atoms with E-state index in [0.717, 1.165) is 68.3 Å². The number of allylic oxidation sites excluding steroid dienone is 2. The zero-order valence-electron chi connectivity index (χ0n) is 28.7. The molecule has 0 radical (unpaired) electrons. The monoisotopic (exact) mass is 600 g/mol. The first-order valence-corrected chi connectivity index (χ1v) is 17.4. The van der Waals surface area contributed by atoms with Crippen molar-refractivity contribution in [1.29, 1.82) is 0 Å². The number of carbonyl (C=O) groups excluding carboxylic acids is 2. The van der Waals surface area contributed by atoms with E-state index in [1.807, 2.05) is 19.1 Å². The van der Waals surface area contributed by atoms with Crippen LogP contribution >= 0.6 is 0 Å². The molecule has 9 atom stereocenters. The lowest BCUT2D eigenvalue weighted by atomic mass is 9.32. The molecule has 0 aliphatic heterocycles. The largest absolute Gasteiger partial charge is 0.494 e. The molecular weight excluding hydrogens is 544 g/mol. The minimum Gasteiger partial charge on any atom is -0.494 e. The molecule has 4 nitrogen and oxygen atoms in total. The van der Waals surface area contributed by atoms with Crippen LogP contribution in [0.3, 0.4) is 0 Å². The molecular formula is C40H56O4. The Hall–Kier alpha value is -2.36. The highest BCUT2D eigenvalue weighted by Gasteiger charge is 2.72. The van der Waals surface area contributed by atoms with E-state index in [1.54, 1.807) is 7.11 Å². The van der Waals surface area contributed by atoms with Gasteiger partial charge in [0.25, 0.3) is 0 Å². The average Bonchev–Trinajstić information content (AvgIpc) is 3.38. The Morgan fingerprint density at radius 2 is 1.64 bits per heavy atom. The average molecular weight is 601 g/mol. The van der Waals surface area contributed by atoms with E-state index in [1.165, 1.54) is 12.0 Å². The molecule has 0 amide bonds. The topological polar surface area (TPSA) is 52.6 Å². The van der Waals surface area contributed by atoms with Gasteiger partial charge in [-0.25, -0.2) is 0 Å². The maximum absolute atomic E-state index is 14.2. The second kappa shape index (κ2) is 10.6. The second-order valence-electron chi connectivity index (χ2n) is 16.7. The van der Waals surface area contributed by atoms with Gasteiger partial charge < -0.3 is 9.47 Å². The molecule has 0 aromatic heterocycles. The lowest BCUT2D eigenvalue weighted by Crippen LogP contribution is -2.67. The number of hydrogen-bond donors (Lipinski definition) is 0. The van der Waals surface area contributed by atoms with Crippen LogP contribution in [0.4, 0.5) is 0 Å². The summed E-state index contributed by atoms with van der Waals surface area (Å²) in [5, 5.41) is 0. The van der Waals surface area contributed by atoms with Crippen molar-refractivity contribution in [3.05, 3.63) is 47.6 Å². The highest BCUT2D eigenvalue weighted by atomic mass is 16.5. The maximum atomic E-state index is 14.2. The fraction of sp³-hybridized carbons (Fsp3) is 0.700. The van der Waals surface area contributed by atoms with E-state index in [-0.39, 0.29) is 27.6 Å². The Kier molecular flexibility index (Phi) is 7.61. The highest BCUT2D eigenvalue weighted by Crippen LogP contribution is 2.77. The lowest BCUT2D eigenvalue weighted by Gasteiger charge is -2.72. The van der Waals surface area contributed by atoms with Crippen molar-refractivity contribution in [1.82, 2.24) is 0 Å². The number of esters is 1. The van der Waals surface area contributed by atoms with Gasteiger partial charge in [0.05, 0.1) is 19.1 Å². The Balaban J connectivity index is 1.38. The normalized spacial score (nSPS) is 43.3. The summed E-state index contributed by atoms with van der Waals surface area (Å²) in [5.41, 5.74) is 2.86. The van der Waals surface area contributed by atoms with Crippen molar-refractivity contribution in [3.63, 3.8) is 0 Å². The summed E-state index contributed by atoms with van der Waals surface area (Å²) in [6.07, 6.45) is 11.6. The number of hydrogen-bond acceptors (Lipinski definition) is 4. The van der Waals surface area contributed by atoms with Gasteiger partial charge in [0.15, 0.2) is 5.78 Å². The zero-order chi connectivity index (χ0) is 31.9. The number of benzene rings is 1. The van der Waals surface area contributed by atoms with E-state index in [9.17, 15) is 9.59 Å². The van der Waals surface area contributed by atoms with E-state index in [0.29, 0.717) is 42.0 Å². The lowest BCUT2D eigenvalue weighted by molar-refractivity contribution is -0.232. The summed E-state index contributed by atoms with van der Waals surface area (Å²) in [5.74, 6) is 3.30. The first-order chi connectivity index (χ1) is 20.7. The van der Waals surface area contributed by atoms with Crippen LogP contribution in [0.15, 0.2) is 42.0 Å². The van der Waals surface area contributed by atoms with Gasteiger partial charge in [-0.15, -0.1) is 0 Å². The van der Waals surface area contributed by atoms with Crippen LogP contribution in [-0.2, 0) is 14.3 Å². The van der Waals surface area contributed by atoms with Crippen molar-refractivity contribution in [2.45, 2.75) is 106 Å². The molecule has 5 aliphatic carbocycles. The summed E-state index contributed by atoms with van der Waals surface area (Å²) in [6, 6.07) is 8.19. The molecule has 5 saturated carbocycles. The molecule has 44 heavy (non-hydrogen) atoms. The smallest absolute Gasteiger partial charge is 0.312 e. The van der Waals surface area contributed by atoms with Gasteiger partial charge in [-0.1, -0.05) is 58.9 Å². The van der Waals surface area contributed by atoms with Crippen LogP contribution in [0.25, 0.3) is 6.08 Å². The molecule has 240 valence electrons. The second-order valence-corrected chi connectivity index (χ2v) is 16.7. The molecule has 0 heterocycles. The minimum absolute atomic E-state index is 0.0212. The number of methoxy groups -OCH3 is 1. The Bertz CT molecular complexity index is 1370. The third-order valence-electron chi connectivity index (χ3n) is 14.8. The number of rotatable bonds is 5. The van der Waals surface area contributed by atoms with E-state index in [2.05, 4.69) is 66.3 Å². The molecule has 0 unspecified atom stereocenters. The molecule has 1 aromatic carbocycles. The first kappa shape index (κ1) is 31.6. The van der Waals surface area contributed by atoms with Gasteiger partial charge in [0, 0.05) is 5.41 Å². The third kappa shape index (κ3) is 4.20. The standard InChI is InChI=1S/C40H56O4/c1-10-44-28-13-11-26(12-14-28)23-27-24-37(6)31(36(4,5)34(27)41)18-19-39(8)32(37)16-15-30-33-29(25(2)3)17-20-40(33,35(42)43-9)22-21-38(30,39)7/h11-14,23,29-33H,2,10,15-22,24H2,1,3-9H3/b27-23+/t29-,30+,31+,32+,33-,37-,38+,39+,40-/m0/s1. The molecule has 0 bridgehead atoms. The van der Waals surface area contributed by atoms with Crippen molar-refractivity contribution < 1.29 is 19.1 Å². The molecule has 6 rings (SSSR count). The molecule has 1 aromatic rings. The summed E-state index contributed by atoms with van der Waals surface area (Å²) in [6.45, 7) is 21.5. The molecule has 5 fully saturated rings. The Morgan fingerprint density at radius 3 is 2.27 bits per heavy atom. The Morgan fingerprint density at radius 1 is 0.932 bits per heavy atom. The van der Waals surface area contributed by atoms with Crippen LogP contribution in [0, 0.1) is 56.7 Å². The maximum Gasteiger partial charge on any atom is 0.312 e. The predicted octanol–water partition coefficient (Wildman–Crippen LogP) is 9.48. The van der Waals surface area contributed by atoms with Gasteiger partial charge in [-0.3, -0.25) is 9.59 Å². The zero-order valence-corrected chi connectivity index (χ0v) is 28.7. The van der Waals surface area contributed by atoms with Crippen molar-refractivity contribution in [3.8, 4) is 5.75 Å². The van der Waals surface area contributed by atoms with Crippen LogP contribution in [0.1, 0.15) is 112 Å². The minimum atomic E-state index is -0.397. The first-order valence-electron chi connectivity index (χ1n) is 17.4. The molecule has 0 spiro atoms. The van der Waals surface area contributed by atoms with E-state index < -0.39 is 5.41 Å². The quantitative estimate of drug-likeness (QED) is 0.192. The molecule has 0 saturated heterocycles. The summed E-state index contributed by atoms with van der Waals surface area (Å²) in [4.78, 5) is 27.7. The van der Waals surface area contributed by atoms with Gasteiger partial charge in [0.1, 0.15) is 5.75 Å². The van der Waals surface area contributed by atoms with Gasteiger partial charge in [0.2, 0.25) is 0 Å². The predicted molar refractivity (Wildman–Crippen MR) is 177 cm³/mol. The fourth-order valence-electron chi connectivity index (χ4n) is 12.7.